The Labute approximate surface area is 115 Å². The van der Waals surface area contributed by atoms with Crippen LogP contribution in [0, 0.1) is 0 Å². The van der Waals surface area contributed by atoms with Gasteiger partial charge in [0.25, 0.3) is 5.17 Å². The molecule has 0 atom stereocenters. The summed E-state index contributed by atoms with van der Waals surface area (Å²) in [4.78, 5) is 0. The Morgan fingerprint density at radius 2 is 1.68 bits per heavy atom. The van der Waals surface area contributed by atoms with Crippen LogP contribution in [-0.4, -0.2) is 10.3 Å². The first-order valence-corrected chi connectivity index (χ1v) is 6.18. The van der Waals surface area contributed by atoms with Gasteiger partial charge in [0, 0.05) is 5.39 Å². The highest BCUT2D eigenvalue weighted by atomic mass is 32.1. The second-order valence-electron chi connectivity index (χ2n) is 4.22. The van der Waals surface area contributed by atoms with Crippen molar-refractivity contribution < 1.29 is 9.84 Å². The second-order valence-corrected chi connectivity index (χ2v) is 4.62. The van der Waals surface area contributed by atoms with E-state index in [1.807, 2.05) is 42.5 Å². The summed E-state index contributed by atoms with van der Waals surface area (Å²) in [5.74, 6) is 0.325. The van der Waals surface area contributed by atoms with E-state index in [0.29, 0.717) is 5.75 Å². The van der Waals surface area contributed by atoms with E-state index in [1.54, 1.807) is 6.07 Å². The summed E-state index contributed by atoms with van der Waals surface area (Å²) >= 11 is 4.74. The molecule has 4 heteroatoms. The topological polar surface area (TPSA) is 55.5 Å². The van der Waals surface area contributed by atoms with Crippen LogP contribution in [0.1, 0.15) is 0 Å². The van der Waals surface area contributed by atoms with Crippen molar-refractivity contribution in [1.29, 1.82) is 0 Å². The lowest BCUT2D eigenvalue weighted by Crippen LogP contribution is -2.16. The molecule has 3 nitrogen and oxygen atoms in total. The van der Waals surface area contributed by atoms with Crippen molar-refractivity contribution >= 4 is 38.9 Å². The number of thiocarbonyl (C=S) groups is 1. The van der Waals surface area contributed by atoms with Gasteiger partial charge in [-0.25, -0.2) is 0 Å². The number of fused-ring (bicyclic) bond motifs is 3. The fourth-order valence-corrected chi connectivity index (χ4v) is 2.34. The number of rotatable bonds is 1. The molecule has 0 aliphatic carbocycles. The van der Waals surface area contributed by atoms with Crippen molar-refractivity contribution in [2.75, 3.05) is 0 Å². The average molecular weight is 269 g/mol. The Morgan fingerprint density at radius 1 is 0.947 bits per heavy atom. The van der Waals surface area contributed by atoms with Crippen molar-refractivity contribution in [1.82, 2.24) is 0 Å². The number of phenols is 1. The predicted octanol–water partition coefficient (Wildman–Crippen LogP) is 3.32. The maximum absolute atomic E-state index is 9.89. The standard InChI is InChI=1S/C15H11NO2S/c16-15(19)18-14-12-6-5-9-3-1-2-4-10(9)11(12)7-8-13(14)17/h1-8,17H,(H2,16,19). The smallest absolute Gasteiger partial charge is 0.259 e. The van der Waals surface area contributed by atoms with Crippen LogP contribution in [0.4, 0.5) is 0 Å². The van der Waals surface area contributed by atoms with Crippen LogP contribution in [-0.2, 0) is 0 Å². The number of aromatic hydroxyl groups is 1. The monoisotopic (exact) mass is 269 g/mol. The third-order valence-corrected chi connectivity index (χ3v) is 3.14. The SMILES string of the molecule is NC(=S)Oc1c(O)ccc2c1ccc1ccccc12. The highest BCUT2D eigenvalue weighted by molar-refractivity contribution is 7.80. The van der Waals surface area contributed by atoms with Crippen LogP contribution in [0.5, 0.6) is 11.5 Å². The van der Waals surface area contributed by atoms with E-state index in [1.165, 1.54) is 0 Å². The van der Waals surface area contributed by atoms with Gasteiger partial charge in [0.2, 0.25) is 0 Å². The Kier molecular flexibility index (Phi) is 2.72. The highest BCUT2D eigenvalue weighted by Gasteiger charge is 2.11. The number of hydrogen-bond acceptors (Lipinski definition) is 3. The lowest BCUT2D eigenvalue weighted by molar-refractivity contribution is 0.439. The zero-order valence-electron chi connectivity index (χ0n) is 9.96. The summed E-state index contributed by atoms with van der Waals surface area (Å²) in [6, 6.07) is 15.3. The average Bonchev–Trinajstić information content (AvgIpc) is 2.41. The third-order valence-electron chi connectivity index (χ3n) is 3.06. The van der Waals surface area contributed by atoms with Gasteiger partial charge in [-0.3, -0.25) is 0 Å². The Balaban J connectivity index is 2.40. The molecule has 0 spiro atoms. The van der Waals surface area contributed by atoms with E-state index in [-0.39, 0.29) is 10.9 Å². The van der Waals surface area contributed by atoms with Crippen molar-refractivity contribution in [3.05, 3.63) is 48.5 Å². The molecule has 0 saturated heterocycles. The van der Waals surface area contributed by atoms with E-state index >= 15 is 0 Å². The minimum Gasteiger partial charge on any atom is -0.504 e. The van der Waals surface area contributed by atoms with Crippen LogP contribution < -0.4 is 10.5 Å². The van der Waals surface area contributed by atoms with Crippen LogP contribution in [0.3, 0.4) is 0 Å². The molecule has 3 aromatic rings. The molecule has 0 saturated carbocycles. The number of nitrogens with two attached hydrogens (primary N) is 1. The van der Waals surface area contributed by atoms with Gasteiger partial charge < -0.3 is 15.6 Å². The fraction of sp³-hybridized carbons (Fsp3) is 0. The number of ether oxygens (including phenoxy) is 1. The Morgan fingerprint density at radius 3 is 2.47 bits per heavy atom. The molecule has 94 valence electrons. The molecule has 0 amide bonds. The Bertz CT molecular complexity index is 799. The zero-order valence-corrected chi connectivity index (χ0v) is 10.8. The first kappa shape index (κ1) is 11.7. The van der Waals surface area contributed by atoms with E-state index in [9.17, 15) is 5.11 Å². The molecule has 3 rings (SSSR count). The normalized spacial score (nSPS) is 10.7. The summed E-state index contributed by atoms with van der Waals surface area (Å²) in [5.41, 5.74) is 5.40. The molecule has 0 bridgehead atoms. The number of hydrogen-bond donors (Lipinski definition) is 2. The molecule has 0 radical (unpaired) electrons. The van der Waals surface area contributed by atoms with Crippen molar-refractivity contribution in [3.8, 4) is 11.5 Å². The van der Waals surface area contributed by atoms with Crippen LogP contribution in [0.15, 0.2) is 48.5 Å². The molecule has 0 aromatic heterocycles. The largest absolute Gasteiger partial charge is 0.504 e. The van der Waals surface area contributed by atoms with Crippen LogP contribution in [0.2, 0.25) is 0 Å². The second kappa shape index (κ2) is 4.40. The van der Waals surface area contributed by atoms with Gasteiger partial charge in [0.1, 0.15) is 0 Å². The molecule has 0 unspecified atom stereocenters. The zero-order chi connectivity index (χ0) is 13.4. The lowest BCUT2D eigenvalue weighted by atomic mass is 10.0. The van der Waals surface area contributed by atoms with Crippen LogP contribution >= 0.6 is 12.2 Å². The molecule has 3 N–H and O–H groups in total. The van der Waals surface area contributed by atoms with E-state index in [2.05, 4.69) is 0 Å². The quantitative estimate of drug-likeness (QED) is 0.525. The number of phenolic OH excluding ortho intramolecular Hbond substituents is 1. The van der Waals surface area contributed by atoms with Gasteiger partial charge in [0.15, 0.2) is 11.5 Å². The first-order chi connectivity index (χ1) is 9.16. The summed E-state index contributed by atoms with van der Waals surface area (Å²) in [6.07, 6.45) is 0. The molecule has 0 heterocycles. The summed E-state index contributed by atoms with van der Waals surface area (Å²) in [6.45, 7) is 0. The lowest BCUT2D eigenvalue weighted by Gasteiger charge is -2.11. The third kappa shape index (κ3) is 1.96. The van der Waals surface area contributed by atoms with E-state index in [4.69, 9.17) is 22.7 Å². The molecule has 0 fully saturated rings. The summed E-state index contributed by atoms with van der Waals surface area (Å²) < 4.78 is 5.27. The first-order valence-electron chi connectivity index (χ1n) is 5.77. The molecule has 0 aliphatic rings. The van der Waals surface area contributed by atoms with Gasteiger partial charge in [-0.15, -0.1) is 0 Å². The molecule has 19 heavy (non-hydrogen) atoms. The van der Waals surface area contributed by atoms with E-state index in [0.717, 1.165) is 21.5 Å². The predicted molar refractivity (Wildman–Crippen MR) is 80.5 cm³/mol. The van der Waals surface area contributed by atoms with Crippen molar-refractivity contribution in [2.24, 2.45) is 5.73 Å². The van der Waals surface area contributed by atoms with Gasteiger partial charge in [-0.2, -0.15) is 0 Å². The minimum absolute atomic E-state index is 0.0237. The van der Waals surface area contributed by atoms with Crippen molar-refractivity contribution in [2.45, 2.75) is 0 Å². The molecule has 0 aliphatic heterocycles. The minimum atomic E-state index is -0.115. The molecular weight excluding hydrogens is 258 g/mol. The number of benzene rings is 3. The molecular formula is C15H11NO2S. The van der Waals surface area contributed by atoms with Gasteiger partial charge >= 0.3 is 0 Å². The summed E-state index contributed by atoms with van der Waals surface area (Å²) in [7, 11) is 0. The van der Waals surface area contributed by atoms with Gasteiger partial charge in [-0.1, -0.05) is 30.3 Å². The summed E-state index contributed by atoms with van der Waals surface area (Å²) in [5, 5.41) is 13.8. The maximum atomic E-state index is 9.89. The molecule has 3 aromatic carbocycles. The van der Waals surface area contributed by atoms with E-state index < -0.39 is 0 Å². The maximum Gasteiger partial charge on any atom is 0.259 e. The fourth-order valence-electron chi connectivity index (χ4n) is 2.26. The highest BCUT2D eigenvalue weighted by Crippen LogP contribution is 2.37. The van der Waals surface area contributed by atoms with Gasteiger partial charge in [0.05, 0.1) is 0 Å². The van der Waals surface area contributed by atoms with Crippen LogP contribution in [0.25, 0.3) is 21.5 Å². The van der Waals surface area contributed by atoms with Gasteiger partial charge in [-0.05, 0) is 46.6 Å². The van der Waals surface area contributed by atoms with Crippen molar-refractivity contribution in [3.63, 3.8) is 0 Å². The Hall–Kier alpha value is -2.33.